The van der Waals surface area contributed by atoms with Crippen molar-refractivity contribution >= 4 is 35.8 Å². The first-order chi connectivity index (χ1) is 9.66. The number of amides is 1. The minimum absolute atomic E-state index is 0. The summed E-state index contributed by atoms with van der Waals surface area (Å²) in [4.78, 5) is 18.1. The Morgan fingerprint density at radius 1 is 1.67 bits per heavy atom. The number of likely N-dealkylation sites (tertiary alicyclic amines) is 1. The largest absolute Gasteiger partial charge is 0.370 e. The van der Waals surface area contributed by atoms with E-state index in [1.54, 1.807) is 12.3 Å². The molecule has 0 spiro atoms. The molecule has 1 aromatic heterocycles. The van der Waals surface area contributed by atoms with Crippen LogP contribution < -0.4 is 11.1 Å². The maximum Gasteiger partial charge on any atom is 0.269 e. The highest BCUT2D eigenvalue weighted by atomic mass is 127. The molecule has 1 unspecified atom stereocenters. The maximum absolute atomic E-state index is 11.6. The Balaban J connectivity index is 0.00000220. The first kappa shape index (κ1) is 17.7. The third kappa shape index (κ3) is 5.52. The molecular weight excluding hydrogens is 383 g/mol. The number of aromatic nitrogens is 2. The van der Waals surface area contributed by atoms with Gasteiger partial charge in [-0.1, -0.05) is 6.92 Å². The fourth-order valence-corrected chi connectivity index (χ4v) is 2.31. The Hall–Kier alpha value is -1.32. The van der Waals surface area contributed by atoms with Gasteiger partial charge in [0.2, 0.25) is 0 Å². The van der Waals surface area contributed by atoms with Crippen molar-refractivity contribution in [2.45, 2.75) is 19.8 Å². The van der Waals surface area contributed by atoms with Gasteiger partial charge in [-0.25, -0.2) is 0 Å². The number of carbonyl (C=O) groups excluding carboxylic acids is 1. The zero-order chi connectivity index (χ0) is 14.4. The number of halogens is 1. The lowest BCUT2D eigenvalue weighted by atomic mass is 10.0. The zero-order valence-corrected chi connectivity index (χ0v) is 14.5. The number of hydrogen-bond acceptors (Lipinski definition) is 3. The van der Waals surface area contributed by atoms with Crippen LogP contribution in [0.3, 0.4) is 0 Å². The van der Waals surface area contributed by atoms with Crippen LogP contribution in [0.25, 0.3) is 0 Å². The molecule has 8 heteroatoms. The van der Waals surface area contributed by atoms with Crippen molar-refractivity contribution in [1.82, 2.24) is 20.4 Å². The Kier molecular flexibility index (Phi) is 7.48. The molecule has 0 saturated carbocycles. The van der Waals surface area contributed by atoms with Crippen LogP contribution in [0.15, 0.2) is 17.3 Å². The van der Waals surface area contributed by atoms with Gasteiger partial charge in [-0.15, -0.1) is 24.0 Å². The topological polar surface area (TPSA) is 99.4 Å². The van der Waals surface area contributed by atoms with E-state index in [0.29, 0.717) is 30.7 Å². The molecule has 2 heterocycles. The van der Waals surface area contributed by atoms with Gasteiger partial charge < -0.3 is 16.0 Å². The predicted molar refractivity (Wildman–Crippen MR) is 92.8 cm³/mol. The van der Waals surface area contributed by atoms with Crippen LogP contribution in [0.5, 0.6) is 0 Å². The average Bonchev–Trinajstić information content (AvgIpc) is 2.97. The molecule has 1 aliphatic heterocycles. The van der Waals surface area contributed by atoms with Gasteiger partial charge in [0.15, 0.2) is 5.96 Å². The molecule has 1 fully saturated rings. The van der Waals surface area contributed by atoms with Gasteiger partial charge in [-0.05, 0) is 24.8 Å². The number of rotatable bonds is 4. The van der Waals surface area contributed by atoms with E-state index in [0.717, 1.165) is 19.5 Å². The second-order valence-corrected chi connectivity index (χ2v) is 5.16. The van der Waals surface area contributed by atoms with Crippen molar-refractivity contribution < 1.29 is 4.79 Å². The molecule has 0 aromatic carbocycles. The predicted octanol–water partition coefficient (Wildman–Crippen LogP) is 0.804. The summed E-state index contributed by atoms with van der Waals surface area (Å²) in [6.45, 7) is 5.11. The number of guanidine groups is 1. The van der Waals surface area contributed by atoms with Crippen LogP contribution in [-0.4, -0.2) is 53.1 Å². The molecule has 7 nitrogen and oxygen atoms in total. The number of nitrogens with two attached hydrogens (primary N) is 1. The van der Waals surface area contributed by atoms with Crippen molar-refractivity contribution in [3.63, 3.8) is 0 Å². The lowest BCUT2D eigenvalue weighted by Crippen LogP contribution is -2.43. The molecule has 2 rings (SSSR count). The molecule has 21 heavy (non-hydrogen) atoms. The Morgan fingerprint density at radius 2 is 2.48 bits per heavy atom. The van der Waals surface area contributed by atoms with E-state index in [1.165, 1.54) is 6.42 Å². The maximum atomic E-state index is 11.6. The molecule has 1 atom stereocenters. The van der Waals surface area contributed by atoms with E-state index in [-0.39, 0.29) is 29.9 Å². The number of carbonyl (C=O) groups is 1. The van der Waals surface area contributed by atoms with Crippen molar-refractivity contribution in [3.8, 4) is 0 Å². The van der Waals surface area contributed by atoms with Gasteiger partial charge >= 0.3 is 0 Å². The zero-order valence-electron chi connectivity index (χ0n) is 12.2. The van der Waals surface area contributed by atoms with E-state index in [9.17, 15) is 4.79 Å². The molecule has 0 aliphatic carbocycles. The summed E-state index contributed by atoms with van der Waals surface area (Å²) >= 11 is 0. The average molecular weight is 406 g/mol. The lowest BCUT2D eigenvalue weighted by molar-refractivity contribution is 0.0950. The van der Waals surface area contributed by atoms with Crippen LogP contribution in [0.4, 0.5) is 0 Å². The summed E-state index contributed by atoms with van der Waals surface area (Å²) in [6, 6.07) is 1.63. The van der Waals surface area contributed by atoms with Crippen LogP contribution in [0, 0.1) is 5.92 Å². The first-order valence-corrected chi connectivity index (χ1v) is 6.99. The fraction of sp³-hybridized carbons (Fsp3) is 0.615. The Labute approximate surface area is 141 Å². The van der Waals surface area contributed by atoms with Crippen LogP contribution in [0.2, 0.25) is 0 Å². The highest BCUT2D eigenvalue weighted by Gasteiger charge is 2.17. The van der Waals surface area contributed by atoms with Gasteiger partial charge in [0.25, 0.3) is 5.91 Å². The van der Waals surface area contributed by atoms with Crippen LogP contribution >= 0.6 is 24.0 Å². The van der Waals surface area contributed by atoms with Gasteiger partial charge in [0.05, 0.1) is 6.54 Å². The molecular formula is C13H23IN6O. The SMILES string of the molecule is CC1CCCN(C(N)=NCCNC(=O)c2ccn[nH]2)C1.I. The molecule has 1 amide bonds. The summed E-state index contributed by atoms with van der Waals surface area (Å²) in [6.07, 6.45) is 3.96. The van der Waals surface area contributed by atoms with Crippen molar-refractivity contribution in [1.29, 1.82) is 0 Å². The minimum Gasteiger partial charge on any atom is -0.370 e. The third-order valence-electron chi connectivity index (χ3n) is 3.40. The standard InChI is InChI=1S/C13H22N6O.HI/c1-10-3-2-8-19(9-10)13(14)16-7-6-15-12(20)11-4-5-17-18-11;/h4-5,10H,2-3,6-9H2,1H3,(H2,14,16)(H,15,20)(H,17,18);1H. The van der Waals surface area contributed by atoms with E-state index >= 15 is 0 Å². The molecule has 0 radical (unpaired) electrons. The van der Waals surface area contributed by atoms with Gasteiger partial charge in [0.1, 0.15) is 5.69 Å². The Bertz CT molecular complexity index is 461. The second kappa shape index (κ2) is 8.85. The van der Waals surface area contributed by atoms with E-state index in [4.69, 9.17) is 5.73 Å². The highest BCUT2D eigenvalue weighted by Crippen LogP contribution is 2.14. The normalized spacial score (nSPS) is 19.0. The van der Waals surface area contributed by atoms with E-state index in [2.05, 4.69) is 32.3 Å². The molecule has 0 bridgehead atoms. The molecule has 4 N–H and O–H groups in total. The third-order valence-corrected chi connectivity index (χ3v) is 3.40. The highest BCUT2D eigenvalue weighted by molar-refractivity contribution is 14.0. The van der Waals surface area contributed by atoms with Crippen molar-refractivity contribution in [2.75, 3.05) is 26.2 Å². The van der Waals surface area contributed by atoms with Gasteiger partial charge in [0, 0.05) is 25.8 Å². The monoisotopic (exact) mass is 406 g/mol. The molecule has 1 saturated heterocycles. The number of nitrogens with zero attached hydrogens (tertiary/aromatic N) is 3. The summed E-state index contributed by atoms with van der Waals surface area (Å²) in [5.41, 5.74) is 6.42. The smallest absolute Gasteiger partial charge is 0.269 e. The lowest BCUT2D eigenvalue weighted by Gasteiger charge is -2.31. The molecule has 118 valence electrons. The number of piperidine rings is 1. The molecule has 1 aliphatic rings. The second-order valence-electron chi connectivity index (χ2n) is 5.16. The van der Waals surface area contributed by atoms with Gasteiger partial charge in [-0.3, -0.25) is 14.9 Å². The summed E-state index contributed by atoms with van der Waals surface area (Å²) in [7, 11) is 0. The van der Waals surface area contributed by atoms with E-state index < -0.39 is 0 Å². The summed E-state index contributed by atoms with van der Waals surface area (Å²) in [5, 5.41) is 9.10. The first-order valence-electron chi connectivity index (χ1n) is 6.99. The van der Waals surface area contributed by atoms with Crippen LogP contribution in [0.1, 0.15) is 30.3 Å². The van der Waals surface area contributed by atoms with Crippen LogP contribution in [-0.2, 0) is 0 Å². The summed E-state index contributed by atoms with van der Waals surface area (Å²) < 4.78 is 0. The fourth-order valence-electron chi connectivity index (χ4n) is 2.31. The Morgan fingerprint density at radius 3 is 3.14 bits per heavy atom. The number of nitrogens with one attached hydrogen (secondary N) is 2. The summed E-state index contributed by atoms with van der Waals surface area (Å²) in [5.74, 6) is 1.06. The number of aliphatic imine (C=N–C) groups is 1. The van der Waals surface area contributed by atoms with Crippen molar-refractivity contribution in [2.24, 2.45) is 16.6 Å². The van der Waals surface area contributed by atoms with E-state index in [1.807, 2.05) is 0 Å². The number of H-pyrrole nitrogens is 1. The van der Waals surface area contributed by atoms with Gasteiger partial charge in [-0.2, -0.15) is 5.10 Å². The van der Waals surface area contributed by atoms with Crippen molar-refractivity contribution in [3.05, 3.63) is 18.0 Å². The minimum atomic E-state index is -0.178. The number of aromatic amines is 1. The quantitative estimate of drug-likeness (QED) is 0.298. The number of hydrogen-bond donors (Lipinski definition) is 3. The molecule has 1 aromatic rings.